The zero-order chi connectivity index (χ0) is 13.8. The SMILES string of the molecule is CSc1cccc(OCCN(C)C2CC2)c1C(N)=S. The summed E-state index contributed by atoms with van der Waals surface area (Å²) in [6.45, 7) is 1.60. The molecule has 0 unspecified atom stereocenters. The molecule has 19 heavy (non-hydrogen) atoms. The highest BCUT2D eigenvalue weighted by Gasteiger charge is 2.25. The Morgan fingerprint density at radius 2 is 2.26 bits per heavy atom. The molecule has 1 saturated carbocycles. The molecule has 2 N–H and O–H groups in total. The Kier molecular flexibility index (Phi) is 5.07. The van der Waals surface area contributed by atoms with Gasteiger partial charge in [-0.1, -0.05) is 18.3 Å². The highest BCUT2D eigenvalue weighted by Crippen LogP contribution is 2.29. The number of likely N-dealkylation sites (N-methyl/N-ethyl adjacent to an activating group) is 1. The van der Waals surface area contributed by atoms with Crippen LogP contribution >= 0.6 is 24.0 Å². The summed E-state index contributed by atoms with van der Waals surface area (Å²) in [6, 6.07) is 6.69. The van der Waals surface area contributed by atoms with Gasteiger partial charge in [-0.3, -0.25) is 0 Å². The molecule has 0 aromatic heterocycles. The monoisotopic (exact) mass is 296 g/mol. The molecule has 1 aromatic carbocycles. The lowest BCUT2D eigenvalue weighted by atomic mass is 10.2. The molecule has 0 atom stereocenters. The van der Waals surface area contributed by atoms with Crippen molar-refractivity contribution in [3.8, 4) is 5.75 Å². The minimum Gasteiger partial charge on any atom is -0.491 e. The summed E-state index contributed by atoms with van der Waals surface area (Å²) in [4.78, 5) is 3.81. The van der Waals surface area contributed by atoms with Crippen LogP contribution in [0.5, 0.6) is 5.75 Å². The molecule has 104 valence electrons. The van der Waals surface area contributed by atoms with Gasteiger partial charge >= 0.3 is 0 Å². The minimum absolute atomic E-state index is 0.399. The highest BCUT2D eigenvalue weighted by molar-refractivity contribution is 7.98. The van der Waals surface area contributed by atoms with Crippen LogP contribution in [0.1, 0.15) is 18.4 Å². The first-order chi connectivity index (χ1) is 9.13. The van der Waals surface area contributed by atoms with Crippen LogP contribution < -0.4 is 10.5 Å². The van der Waals surface area contributed by atoms with Gasteiger partial charge in [0.2, 0.25) is 0 Å². The van der Waals surface area contributed by atoms with Crippen molar-refractivity contribution >= 4 is 29.0 Å². The highest BCUT2D eigenvalue weighted by atomic mass is 32.2. The first kappa shape index (κ1) is 14.6. The topological polar surface area (TPSA) is 38.5 Å². The summed E-state index contributed by atoms with van der Waals surface area (Å²) in [5.41, 5.74) is 6.67. The van der Waals surface area contributed by atoms with Crippen LogP contribution in [-0.4, -0.2) is 42.4 Å². The Balaban J connectivity index is 2.00. The van der Waals surface area contributed by atoms with Crippen molar-refractivity contribution in [2.45, 2.75) is 23.8 Å². The van der Waals surface area contributed by atoms with Gasteiger partial charge in [-0.25, -0.2) is 0 Å². The summed E-state index contributed by atoms with van der Waals surface area (Å²) in [5.74, 6) is 0.795. The molecule has 0 heterocycles. The number of thiocarbonyl (C=S) groups is 1. The van der Waals surface area contributed by atoms with Gasteiger partial charge in [-0.15, -0.1) is 11.8 Å². The molecule has 1 aliphatic carbocycles. The molecule has 1 aromatic rings. The van der Waals surface area contributed by atoms with Crippen molar-refractivity contribution in [2.75, 3.05) is 26.5 Å². The number of rotatable bonds is 7. The second-order valence-corrected chi connectivity index (χ2v) is 6.05. The van der Waals surface area contributed by atoms with Crippen LogP contribution in [0.3, 0.4) is 0 Å². The number of hydrogen-bond donors (Lipinski definition) is 1. The van der Waals surface area contributed by atoms with E-state index in [0.717, 1.165) is 28.8 Å². The lowest BCUT2D eigenvalue weighted by Gasteiger charge is -2.18. The summed E-state index contributed by atoms with van der Waals surface area (Å²) < 4.78 is 5.87. The van der Waals surface area contributed by atoms with E-state index in [2.05, 4.69) is 11.9 Å². The maximum atomic E-state index is 5.87. The fourth-order valence-electron chi connectivity index (χ4n) is 2.04. The Morgan fingerprint density at radius 3 is 2.84 bits per heavy atom. The molecule has 0 aliphatic heterocycles. The van der Waals surface area contributed by atoms with Gasteiger partial charge in [0.15, 0.2) is 0 Å². The molecule has 0 amide bonds. The molecule has 0 bridgehead atoms. The van der Waals surface area contributed by atoms with Gasteiger partial charge in [0.05, 0.1) is 5.56 Å². The molecule has 0 saturated heterocycles. The summed E-state index contributed by atoms with van der Waals surface area (Å²) in [5, 5.41) is 0. The molecule has 0 spiro atoms. The van der Waals surface area contributed by atoms with Crippen molar-refractivity contribution in [1.82, 2.24) is 4.90 Å². The second-order valence-electron chi connectivity index (χ2n) is 4.76. The molecule has 2 rings (SSSR count). The Hall–Kier alpha value is -0.780. The fourth-order valence-corrected chi connectivity index (χ4v) is 2.95. The maximum Gasteiger partial charge on any atom is 0.130 e. The predicted molar refractivity (Wildman–Crippen MR) is 85.3 cm³/mol. The van der Waals surface area contributed by atoms with Gasteiger partial charge in [0.1, 0.15) is 17.3 Å². The minimum atomic E-state index is 0.399. The van der Waals surface area contributed by atoms with E-state index in [1.807, 2.05) is 24.5 Å². The Bertz CT molecular complexity index is 461. The van der Waals surface area contributed by atoms with Crippen molar-refractivity contribution in [3.63, 3.8) is 0 Å². The van der Waals surface area contributed by atoms with E-state index in [1.165, 1.54) is 12.8 Å². The summed E-state index contributed by atoms with van der Waals surface area (Å²) >= 11 is 6.77. The quantitative estimate of drug-likeness (QED) is 0.618. The van der Waals surface area contributed by atoms with Crippen molar-refractivity contribution in [1.29, 1.82) is 0 Å². The zero-order valence-corrected chi connectivity index (χ0v) is 13.0. The molecule has 1 aliphatic rings. The van der Waals surface area contributed by atoms with Crippen LogP contribution in [-0.2, 0) is 0 Å². The molecule has 1 fully saturated rings. The first-order valence-electron chi connectivity index (χ1n) is 6.43. The number of hydrogen-bond acceptors (Lipinski definition) is 4. The van der Waals surface area contributed by atoms with Gasteiger partial charge in [0.25, 0.3) is 0 Å². The maximum absolute atomic E-state index is 5.87. The van der Waals surface area contributed by atoms with Crippen molar-refractivity contribution in [3.05, 3.63) is 23.8 Å². The largest absolute Gasteiger partial charge is 0.491 e. The molecule has 3 nitrogen and oxygen atoms in total. The summed E-state index contributed by atoms with van der Waals surface area (Å²) in [7, 11) is 2.15. The van der Waals surface area contributed by atoms with Crippen LogP contribution in [0.25, 0.3) is 0 Å². The standard InChI is InChI=1S/C14H20N2OS2/c1-16(10-6-7-10)8-9-17-11-4-3-5-12(19-2)13(11)14(15)18/h3-5,10H,6-9H2,1-2H3,(H2,15,18). The molecule has 5 heteroatoms. The number of benzene rings is 1. The average molecular weight is 296 g/mol. The first-order valence-corrected chi connectivity index (χ1v) is 8.06. The van der Waals surface area contributed by atoms with E-state index in [1.54, 1.807) is 11.8 Å². The Morgan fingerprint density at radius 1 is 1.53 bits per heavy atom. The lowest BCUT2D eigenvalue weighted by Crippen LogP contribution is -2.26. The van der Waals surface area contributed by atoms with E-state index in [-0.39, 0.29) is 0 Å². The van der Waals surface area contributed by atoms with Crippen LogP contribution in [0.4, 0.5) is 0 Å². The summed E-state index contributed by atoms with van der Waals surface area (Å²) in [6.07, 6.45) is 4.65. The number of nitrogens with two attached hydrogens (primary N) is 1. The van der Waals surface area contributed by atoms with E-state index in [4.69, 9.17) is 22.7 Å². The normalized spacial score (nSPS) is 14.7. The second kappa shape index (κ2) is 6.59. The third-order valence-electron chi connectivity index (χ3n) is 3.33. The van der Waals surface area contributed by atoms with Gasteiger partial charge in [-0.2, -0.15) is 0 Å². The van der Waals surface area contributed by atoms with Crippen LogP contribution in [0.2, 0.25) is 0 Å². The van der Waals surface area contributed by atoms with E-state index >= 15 is 0 Å². The van der Waals surface area contributed by atoms with E-state index < -0.39 is 0 Å². The third kappa shape index (κ3) is 3.84. The molecule has 0 radical (unpaired) electrons. The smallest absolute Gasteiger partial charge is 0.130 e. The Labute approximate surface area is 124 Å². The molecular formula is C14H20N2OS2. The predicted octanol–water partition coefficient (Wildman–Crippen LogP) is 2.52. The van der Waals surface area contributed by atoms with Gasteiger partial charge in [0, 0.05) is 17.5 Å². The van der Waals surface area contributed by atoms with Crippen molar-refractivity contribution < 1.29 is 4.74 Å². The van der Waals surface area contributed by atoms with Crippen LogP contribution in [0.15, 0.2) is 23.1 Å². The molecular weight excluding hydrogens is 276 g/mol. The zero-order valence-electron chi connectivity index (χ0n) is 11.4. The van der Waals surface area contributed by atoms with E-state index in [0.29, 0.717) is 11.6 Å². The van der Waals surface area contributed by atoms with Gasteiger partial charge < -0.3 is 15.4 Å². The number of ether oxygens (including phenoxy) is 1. The van der Waals surface area contributed by atoms with Gasteiger partial charge in [-0.05, 0) is 38.3 Å². The van der Waals surface area contributed by atoms with Crippen molar-refractivity contribution in [2.24, 2.45) is 5.73 Å². The van der Waals surface area contributed by atoms with E-state index in [9.17, 15) is 0 Å². The number of nitrogens with zero attached hydrogens (tertiary/aromatic N) is 1. The fraction of sp³-hybridized carbons (Fsp3) is 0.500. The average Bonchev–Trinajstić information content (AvgIpc) is 3.22. The number of thioether (sulfide) groups is 1. The van der Waals surface area contributed by atoms with Crippen LogP contribution in [0, 0.1) is 0 Å². The lowest BCUT2D eigenvalue weighted by molar-refractivity contribution is 0.231. The third-order valence-corrected chi connectivity index (χ3v) is 4.31.